The van der Waals surface area contributed by atoms with E-state index in [9.17, 15) is 4.79 Å². The molecule has 0 aliphatic heterocycles. The Hall–Kier alpha value is -2.89. The summed E-state index contributed by atoms with van der Waals surface area (Å²) in [7, 11) is 0. The van der Waals surface area contributed by atoms with Crippen LogP contribution in [0.5, 0.6) is 0 Å². The molecule has 0 aliphatic rings. The van der Waals surface area contributed by atoms with Crippen molar-refractivity contribution in [2.75, 3.05) is 5.32 Å². The maximum atomic E-state index is 12.8. The number of amides is 1. The Morgan fingerprint density at radius 2 is 1.81 bits per heavy atom. The molecular formula is C21H27N5O. The lowest BCUT2D eigenvalue weighted by Gasteiger charge is -2.13. The van der Waals surface area contributed by atoms with Crippen LogP contribution in [0.1, 0.15) is 38.2 Å². The van der Waals surface area contributed by atoms with Gasteiger partial charge in [0.2, 0.25) is 5.91 Å². The molecule has 0 aliphatic carbocycles. The first-order valence-corrected chi connectivity index (χ1v) is 9.31. The number of hydrogen-bond acceptors (Lipinski definition) is 3. The molecule has 0 spiro atoms. The van der Waals surface area contributed by atoms with Crippen LogP contribution >= 0.6 is 0 Å². The molecule has 3 aromatic rings. The zero-order valence-electron chi connectivity index (χ0n) is 16.6. The maximum absolute atomic E-state index is 12.8. The second kappa shape index (κ2) is 7.78. The van der Waals surface area contributed by atoms with Crippen LogP contribution in [-0.4, -0.2) is 25.5 Å². The first kappa shape index (κ1) is 18.9. The van der Waals surface area contributed by atoms with Gasteiger partial charge in [-0.1, -0.05) is 44.2 Å². The van der Waals surface area contributed by atoms with E-state index in [0.717, 1.165) is 34.7 Å². The van der Waals surface area contributed by atoms with Gasteiger partial charge in [0.15, 0.2) is 0 Å². The summed E-state index contributed by atoms with van der Waals surface area (Å²) in [5.74, 6) is 0.388. The Kier molecular flexibility index (Phi) is 5.44. The number of benzene rings is 1. The van der Waals surface area contributed by atoms with E-state index in [0.29, 0.717) is 5.92 Å². The average Bonchev–Trinajstić information content (AvgIpc) is 3.23. The van der Waals surface area contributed by atoms with E-state index in [2.05, 4.69) is 29.4 Å². The predicted octanol–water partition coefficient (Wildman–Crippen LogP) is 4.22. The third-order valence-electron chi connectivity index (χ3n) is 4.65. The highest BCUT2D eigenvalue weighted by atomic mass is 16.2. The van der Waals surface area contributed by atoms with Crippen molar-refractivity contribution in [2.45, 2.75) is 47.2 Å². The number of nitrogens with zero attached hydrogens (tertiary/aromatic N) is 4. The van der Waals surface area contributed by atoms with Gasteiger partial charge in [-0.3, -0.25) is 14.2 Å². The molecule has 1 amide bonds. The van der Waals surface area contributed by atoms with Crippen molar-refractivity contribution in [3.05, 3.63) is 54.1 Å². The highest BCUT2D eigenvalue weighted by Gasteiger charge is 2.20. The van der Waals surface area contributed by atoms with Gasteiger partial charge in [0, 0.05) is 18.3 Å². The number of carbonyl (C=O) groups is 1. The fourth-order valence-corrected chi connectivity index (χ4v) is 3.08. The third-order valence-corrected chi connectivity index (χ3v) is 4.65. The van der Waals surface area contributed by atoms with Gasteiger partial charge in [0.1, 0.15) is 6.04 Å². The van der Waals surface area contributed by atoms with Crippen molar-refractivity contribution < 1.29 is 4.79 Å². The van der Waals surface area contributed by atoms with E-state index in [1.165, 1.54) is 0 Å². The Morgan fingerprint density at radius 3 is 2.48 bits per heavy atom. The van der Waals surface area contributed by atoms with Gasteiger partial charge in [0.05, 0.1) is 23.3 Å². The molecule has 0 radical (unpaired) electrons. The lowest BCUT2D eigenvalue weighted by Crippen LogP contribution is -2.24. The molecule has 2 aromatic heterocycles. The molecule has 0 bridgehead atoms. The Balaban J connectivity index is 1.75. The fourth-order valence-electron chi connectivity index (χ4n) is 3.08. The highest BCUT2D eigenvalue weighted by molar-refractivity contribution is 5.94. The topological polar surface area (TPSA) is 64.7 Å². The van der Waals surface area contributed by atoms with Gasteiger partial charge in [-0.25, -0.2) is 0 Å². The van der Waals surface area contributed by atoms with Crippen LogP contribution in [-0.2, 0) is 11.3 Å². The van der Waals surface area contributed by atoms with Crippen LogP contribution < -0.4 is 5.32 Å². The lowest BCUT2D eigenvalue weighted by atomic mass is 10.1. The molecule has 1 atom stereocenters. The van der Waals surface area contributed by atoms with Gasteiger partial charge in [-0.05, 0) is 32.3 Å². The number of anilines is 1. The monoisotopic (exact) mass is 365 g/mol. The first-order chi connectivity index (χ1) is 12.9. The number of aryl methyl sites for hydroxylation is 1. The molecule has 1 aromatic carbocycles. The second-order valence-electron chi connectivity index (χ2n) is 7.36. The molecule has 27 heavy (non-hydrogen) atoms. The van der Waals surface area contributed by atoms with Crippen molar-refractivity contribution >= 4 is 11.6 Å². The average molecular weight is 365 g/mol. The van der Waals surface area contributed by atoms with Crippen molar-refractivity contribution in [2.24, 2.45) is 5.92 Å². The number of hydrogen-bond donors (Lipinski definition) is 1. The normalized spacial score (nSPS) is 12.4. The number of carbonyl (C=O) groups excluding carboxylic acids is 1. The summed E-state index contributed by atoms with van der Waals surface area (Å²) >= 11 is 0. The van der Waals surface area contributed by atoms with Crippen LogP contribution in [0.25, 0.3) is 11.1 Å². The number of aromatic nitrogens is 4. The SMILES string of the molecule is Cc1nn(CC(C)C)c(C)c1NC(=O)[C@H](C)n1cc(-c2ccccc2)cn1. The molecule has 0 fully saturated rings. The summed E-state index contributed by atoms with van der Waals surface area (Å²) in [6.45, 7) is 10.9. The van der Waals surface area contributed by atoms with Gasteiger partial charge in [-0.15, -0.1) is 0 Å². The highest BCUT2D eigenvalue weighted by Crippen LogP contribution is 2.23. The fraction of sp³-hybridized carbons (Fsp3) is 0.381. The molecule has 0 saturated carbocycles. The molecule has 0 saturated heterocycles. The molecule has 6 heteroatoms. The van der Waals surface area contributed by atoms with E-state index in [1.807, 2.05) is 62.0 Å². The standard InChI is InChI=1S/C21H27N5O/c1-14(2)12-26-16(4)20(15(3)24-26)23-21(27)17(5)25-13-19(11-22-25)18-9-7-6-8-10-18/h6-11,13-14,17H,12H2,1-5H3,(H,23,27)/t17-/m0/s1. The zero-order valence-corrected chi connectivity index (χ0v) is 16.6. The minimum absolute atomic E-state index is 0.104. The Morgan fingerprint density at radius 1 is 1.11 bits per heavy atom. The smallest absolute Gasteiger partial charge is 0.249 e. The number of rotatable bonds is 6. The van der Waals surface area contributed by atoms with E-state index in [4.69, 9.17) is 0 Å². The molecule has 6 nitrogen and oxygen atoms in total. The summed E-state index contributed by atoms with van der Waals surface area (Å²) in [5.41, 5.74) is 4.68. The molecule has 3 rings (SSSR count). The van der Waals surface area contributed by atoms with Gasteiger partial charge in [-0.2, -0.15) is 10.2 Å². The maximum Gasteiger partial charge on any atom is 0.249 e. The Bertz CT molecular complexity index is 923. The van der Waals surface area contributed by atoms with Crippen molar-refractivity contribution in [1.82, 2.24) is 19.6 Å². The summed E-state index contributed by atoms with van der Waals surface area (Å²) < 4.78 is 3.66. The summed E-state index contributed by atoms with van der Waals surface area (Å²) in [4.78, 5) is 12.8. The molecule has 1 N–H and O–H groups in total. The Labute approximate surface area is 160 Å². The minimum Gasteiger partial charge on any atom is -0.321 e. The molecule has 2 heterocycles. The van der Waals surface area contributed by atoms with Crippen LogP contribution in [0.3, 0.4) is 0 Å². The first-order valence-electron chi connectivity index (χ1n) is 9.31. The van der Waals surface area contributed by atoms with Crippen LogP contribution in [0.15, 0.2) is 42.7 Å². The van der Waals surface area contributed by atoms with Crippen LogP contribution in [0.2, 0.25) is 0 Å². The molecule has 0 unspecified atom stereocenters. The lowest BCUT2D eigenvalue weighted by molar-refractivity contribution is -0.119. The van der Waals surface area contributed by atoms with Crippen molar-refractivity contribution in [3.63, 3.8) is 0 Å². The van der Waals surface area contributed by atoms with Crippen LogP contribution in [0.4, 0.5) is 5.69 Å². The quantitative estimate of drug-likeness (QED) is 0.711. The summed E-state index contributed by atoms with van der Waals surface area (Å²) in [6.07, 6.45) is 3.69. The summed E-state index contributed by atoms with van der Waals surface area (Å²) in [6, 6.07) is 9.60. The molecule has 142 valence electrons. The summed E-state index contributed by atoms with van der Waals surface area (Å²) in [5, 5.41) is 12.0. The van der Waals surface area contributed by atoms with E-state index in [1.54, 1.807) is 10.9 Å². The second-order valence-corrected chi connectivity index (χ2v) is 7.36. The zero-order chi connectivity index (χ0) is 19.6. The van der Waals surface area contributed by atoms with Crippen molar-refractivity contribution in [1.29, 1.82) is 0 Å². The van der Waals surface area contributed by atoms with Gasteiger partial charge < -0.3 is 5.32 Å². The van der Waals surface area contributed by atoms with E-state index >= 15 is 0 Å². The minimum atomic E-state index is -0.422. The van der Waals surface area contributed by atoms with Gasteiger partial charge >= 0.3 is 0 Å². The third kappa shape index (κ3) is 4.10. The van der Waals surface area contributed by atoms with E-state index < -0.39 is 6.04 Å². The number of nitrogens with one attached hydrogen (secondary N) is 1. The van der Waals surface area contributed by atoms with Gasteiger partial charge in [0.25, 0.3) is 0 Å². The van der Waals surface area contributed by atoms with Crippen LogP contribution in [0, 0.1) is 19.8 Å². The van der Waals surface area contributed by atoms with E-state index in [-0.39, 0.29) is 5.91 Å². The molecular weight excluding hydrogens is 338 g/mol. The van der Waals surface area contributed by atoms with Crippen molar-refractivity contribution in [3.8, 4) is 11.1 Å². The predicted molar refractivity (Wildman–Crippen MR) is 108 cm³/mol. The largest absolute Gasteiger partial charge is 0.321 e.